The first kappa shape index (κ1) is 24.6. The number of carbonyl (C=O) groups excluding carboxylic acids is 1. The van der Waals surface area contributed by atoms with Gasteiger partial charge < -0.3 is 15.4 Å². The average molecular weight is 528 g/mol. The Kier molecular flexibility index (Phi) is 6.75. The van der Waals surface area contributed by atoms with E-state index in [1.54, 1.807) is 65.5 Å². The Hall–Kier alpha value is -4.05. The number of halogens is 4. The van der Waals surface area contributed by atoms with Gasteiger partial charge in [-0.25, -0.2) is 4.68 Å². The van der Waals surface area contributed by atoms with Crippen molar-refractivity contribution in [3.8, 4) is 5.88 Å². The minimum absolute atomic E-state index is 0.197. The second-order valence-corrected chi connectivity index (χ2v) is 8.86. The van der Waals surface area contributed by atoms with Gasteiger partial charge in [-0.15, -0.1) is 0 Å². The van der Waals surface area contributed by atoms with Crippen LogP contribution in [-0.4, -0.2) is 40.9 Å². The molecule has 0 aliphatic carbocycles. The maximum atomic E-state index is 13.2. The van der Waals surface area contributed by atoms with Crippen LogP contribution in [0.2, 0.25) is 5.02 Å². The molecule has 0 atom stereocenters. The highest BCUT2D eigenvalue weighted by Crippen LogP contribution is 2.32. The summed E-state index contributed by atoms with van der Waals surface area (Å²) in [4.78, 5) is 16.8. The van der Waals surface area contributed by atoms with Crippen molar-refractivity contribution in [2.75, 3.05) is 18.5 Å². The molecule has 7 nitrogen and oxygen atoms in total. The number of aromatic nitrogens is 2. The summed E-state index contributed by atoms with van der Waals surface area (Å²) in [5.41, 5.74) is 2.79. The van der Waals surface area contributed by atoms with E-state index in [1.165, 1.54) is 6.08 Å². The molecule has 37 heavy (non-hydrogen) atoms. The van der Waals surface area contributed by atoms with Gasteiger partial charge in [-0.2, -0.15) is 18.3 Å². The van der Waals surface area contributed by atoms with E-state index in [-0.39, 0.29) is 11.4 Å². The lowest BCUT2D eigenvalue weighted by molar-refractivity contribution is -0.118. The zero-order chi connectivity index (χ0) is 26.0. The molecule has 3 heterocycles. The van der Waals surface area contributed by atoms with E-state index in [4.69, 9.17) is 16.3 Å². The van der Waals surface area contributed by atoms with Crippen LogP contribution in [-0.2, 0) is 11.3 Å². The highest BCUT2D eigenvalue weighted by atomic mass is 35.5. The summed E-state index contributed by atoms with van der Waals surface area (Å²) in [5, 5.41) is 11.5. The molecule has 1 amide bonds. The Balaban J connectivity index is 1.55. The fourth-order valence-electron chi connectivity index (χ4n) is 3.93. The van der Waals surface area contributed by atoms with E-state index in [2.05, 4.69) is 20.7 Å². The Morgan fingerprint density at radius 1 is 1.19 bits per heavy atom. The molecule has 0 saturated carbocycles. The summed E-state index contributed by atoms with van der Waals surface area (Å²) in [6, 6.07) is 12.3. The molecule has 3 aromatic rings. The van der Waals surface area contributed by atoms with Gasteiger partial charge in [0.15, 0.2) is 0 Å². The Morgan fingerprint density at radius 2 is 2.00 bits per heavy atom. The molecule has 5 rings (SSSR count). The van der Waals surface area contributed by atoms with Gasteiger partial charge in [0.1, 0.15) is 12.4 Å². The molecule has 0 radical (unpaired) electrons. The summed E-state index contributed by atoms with van der Waals surface area (Å²) in [7, 11) is 0. The van der Waals surface area contributed by atoms with Crippen molar-refractivity contribution in [3.63, 3.8) is 0 Å². The lowest BCUT2D eigenvalue weighted by atomic mass is 9.99. The van der Waals surface area contributed by atoms with Crippen molar-refractivity contribution in [1.82, 2.24) is 15.1 Å². The van der Waals surface area contributed by atoms with E-state index < -0.39 is 18.6 Å². The number of fused-ring (bicyclic) bond motifs is 3. The van der Waals surface area contributed by atoms with Crippen LogP contribution >= 0.6 is 11.6 Å². The number of rotatable bonds is 4. The second kappa shape index (κ2) is 10.1. The fourth-order valence-corrected chi connectivity index (χ4v) is 4.05. The number of nitrogens with one attached hydrogen (secondary N) is 2. The third-order valence-corrected chi connectivity index (χ3v) is 5.92. The van der Waals surface area contributed by atoms with Gasteiger partial charge in [-0.05, 0) is 65.8 Å². The Morgan fingerprint density at radius 3 is 2.78 bits per heavy atom. The number of hydrogen-bond acceptors (Lipinski definition) is 5. The number of anilines is 1. The number of amides is 1. The minimum Gasteiger partial charge on any atom is -0.477 e. The molecule has 2 aromatic carbocycles. The molecule has 190 valence electrons. The molecule has 2 aliphatic rings. The first-order valence-electron chi connectivity index (χ1n) is 11.4. The van der Waals surface area contributed by atoms with E-state index in [9.17, 15) is 18.0 Å². The number of carbonyl (C=O) groups is 1. The number of hydrogen-bond donors (Lipinski definition) is 2. The predicted molar refractivity (Wildman–Crippen MR) is 137 cm³/mol. The number of benzene rings is 2. The van der Waals surface area contributed by atoms with E-state index in [0.29, 0.717) is 28.6 Å². The van der Waals surface area contributed by atoms with Crippen LogP contribution in [0.4, 0.5) is 18.9 Å². The van der Waals surface area contributed by atoms with Crippen LogP contribution in [0.3, 0.4) is 0 Å². The quantitative estimate of drug-likeness (QED) is 0.469. The molecule has 2 aliphatic heterocycles. The van der Waals surface area contributed by atoms with Gasteiger partial charge >= 0.3 is 6.18 Å². The topological polar surface area (TPSA) is 80.5 Å². The zero-order valence-electron chi connectivity index (χ0n) is 19.3. The SMILES string of the molecule is O=C1NC(=NCC(F)(F)F)/C=C/C(=C/Nc2ccc(Cl)cc2)C=C1c1ccc2nn3c(c2c1)OCCC3. The number of aliphatic imine (C=N–C) groups is 1. The predicted octanol–water partition coefficient (Wildman–Crippen LogP) is 5.50. The van der Waals surface area contributed by atoms with Crippen molar-refractivity contribution in [3.05, 3.63) is 83.1 Å². The van der Waals surface area contributed by atoms with Crippen LogP contribution in [0.25, 0.3) is 16.5 Å². The standard InChI is InChI=1S/C26H21ClF3N5O2/c27-18-4-6-19(7-5-18)31-14-16-2-9-23(32-15-26(28,29)30)33-24(36)20(12-16)17-3-8-22-21(13-17)25-35(34-22)10-1-11-37-25/h2-9,12-14,31H,1,10-11,15H2,(H,32,33,36)/b9-2+,16-14-,20-12?. The minimum atomic E-state index is -4.51. The van der Waals surface area contributed by atoms with Gasteiger partial charge in [-0.3, -0.25) is 9.79 Å². The van der Waals surface area contributed by atoms with Crippen molar-refractivity contribution >= 4 is 45.5 Å². The number of amidine groups is 1. The lowest BCUT2D eigenvalue weighted by Crippen LogP contribution is -2.32. The smallest absolute Gasteiger partial charge is 0.408 e. The molecule has 0 unspecified atom stereocenters. The van der Waals surface area contributed by atoms with E-state index >= 15 is 0 Å². The molecule has 0 fully saturated rings. The van der Waals surface area contributed by atoms with E-state index in [1.807, 2.05) is 0 Å². The van der Waals surface area contributed by atoms with Gasteiger partial charge in [-0.1, -0.05) is 17.7 Å². The summed E-state index contributed by atoms with van der Waals surface area (Å²) in [6.45, 7) is -0.114. The van der Waals surface area contributed by atoms with Crippen molar-refractivity contribution < 1.29 is 22.7 Å². The third-order valence-electron chi connectivity index (χ3n) is 5.66. The number of ether oxygens (including phenoxy) is 1. The van der Waals surface area contributed by atoms with Crippen molar-refractivity contribution in [1.29, 1.82) is 0 Å². The number of allylic oxidation sites excluding steroid dienone is 3. The van der Waals surface area contributed by atoms with Crippen LogP contribution in [0.5, 0.6) is 5.88 Å². The normalized spacial score (nSPS) is 19.0. The molecular formula is C26H21ClF3N5O2. The monoisotopic (exact) mass is 527 g/mol. The van der Waals surface area contributed by atoms with Crippen molar-refractivity contribution in [2.24, 2.45) is 4.99 Å². The molecule has 0 bridgehead atoms. The maximum Gasteiger partial charge on any atom is 0.408 e. The van der Waals surface area contributed by atoms with E-state index in [0.717, 1.165) is 29.6 Å². The number of nitrogens with zero attached hydrogens (tertiary/aromatic N) is 3. The molecule has 0 spiro atoms. The third kappa shape index (κ3) is 5.86. The summed E-state index contributed by atoms with van der Waals surface area (Å²) >= 11 is 5.94. The molecular weight excluding hydrogens is 507 g/mol. The first-order chi connectivity index (χ1) is 17.7. The highest BCUT2D eigenvalue weighted by Gasteiger charge is 2.27. The summed E-state index contributed by atoms with van der Waals surface area (Å²) < 4.78 is 46.0. The Bertz CT molecular complexity index is 1470. The molecule has 2 N–H and O–H groups in total. The van der Waals surface area contributed by atoms with Gasteiger partial charge in [0.05, 0.1) is 17.5 Å². The van der Waals surface area contributed by atoms with Crippen molar-refractivity contribution in [2.45, 2.75) is 19.1 Å². The maximum absolute atomic E-state index is 13.2. The lowest BCUT2D eigenvalue weighted by Gasteiger charge is -2.15. The highest BCUT2D eigenvalue weighted by molar-refractivity contribution is 6.30. The fraction of sp³-hybridized carbons (Fsp3) is 0.192. The number of alkyl halides is 3. The van der Waals surface area contributed by atoms with Crippen LogP contribution in [0, 0.1) is 0 Å². The van der Waals surface area contributed by atoms with Gasteiger partial charge in [0, 0.05) is 35.4 Å². The largest absolute Gasteiger partial charge is 0.477 e. The Labute approximate surface area is 215 Å². The zero-order valence-corrected chi connectivity index (χ0v) is 20.1. The second-order valence-electron chi connectivity index (χ2n) is 8.42. The first-order valence-corrected chi connectivity index (χ1v) is 11.8. The average Bonchev–Trinajstić information content (AvgIpc) is 3.23. The summed E-state index contributed by atoms with van der Waals surface area (Å²) in [6.07, 6.45) is 2.53. The molecule has 1 aromatic heterocycles. The van der Waals surface area contributed by atoms with Crippen LogP contribution < -0.4 is 15.4 Å². The van der Waals surface area contributed by atoms with Crippen LogP contribution in [0.1, 0.15) is 12.0 Å². The molecule has 0 saturated heterocycles. The van der Waals surface area contributed by atoms with Gasteiger partial charge in [0.25, 0.3) is 5.91 Å². The molecule has 11 heteroatoms. The van der Waals surface area contributed by atoms with Gasteiger partial charge in [0.2, 0.25) is 5.88 Å². The summed E-state index contributed by atoms with van der Waals surface area (Å²) in [5.74, 6) is -0.163. The van der Waals surface area contributed by atoms with Crippen LogP contribution in [0.15, 0.2) is 77.5 Å². The number of aryl methyl sites for hydroxylation is 1.